The zero-order chi connectivity index (χ0) is 12.6. The molecule has 0 saturated heterocycles. The molecule has 2 rings (SSSR count). The smallest absolute Gasteiger partial charge is 0.119 e. The molecule has 4 nitrogen and oxygen atoms in total. The molecule has 1 aromatic heterocycles. The summed E-state index contributed by atoms with van der Waals surface area (Å²) in [5, 5.41) is 12.0. The molecule has 0 aliphatic heterocycles. The first-order valence-corrected chi connectivity index (χ1v) is 5.85. The van der Waals surface area contributed by atoms with E-state index in [1.807, 2.05) is 36.4 Å². The largest absolute Gasteiger partial charge is 0.491 e. The summed E-state index contributed by atoms with van der Waals surface area (Å²) in [6, 6.07) is 11.6. The third-order valence-electron chi connectivity index (χ3n) is 2.46. The number of hydrogen-bond donors (Lipinski definition) is 2. The molecular weight excluding hydrogens is 228 g/mol. The fourth-order valence-electron chi connectivity index (χ4n) is 1.54. The van der Waals surface area contributed by atoms with Crippen LogP contribution < -0.4 is 10.1 Å². The van der Waals surface area contributed by atoms with Crippen molar-refractivity contribution in [1.82, 2.24) is 4.98 Å². The quantitative estimate of drug-likeness (QED) is 0.816. The lowest BCUT2D eigenvalue weighted by Crippen LogP contribution is -2.02. The SMILES string of the molecule is OCCOc1ccc(NCc2ccncc2)cc1. The minimum Gasteiger partial charge on any atom is -0.491 e. The Bertz CT molecular complexity index is 457. The van der Waals surface area contributed by atoms with Gasteiger partial charge in [0.25, 0.3) is 0 Å². The summed E-state index contributed by atoms with van der Waals surface area (Å²) < 4.78 is 5.29. The normalized spacial score (nSPS) is 10.1. The molecule has 1 aromatic carbocycles. The maximum atomic E-state index is 8.65. The molecule has 0 saturated carbocycles. The number of nitrogens with one attached hydrogen (secondary N) is 1. The van der Waals surface area contributed by atoms with Crippen LogP contribution in [0.3, 0.4) is 0 Å². The highest BCUT2D eigenvalue weighted by molar-refractivity contribution is 5.46. The second kappa shape index (κ2) is 6.61. The molecule has 0 amide bonds. The summed E-state index contributed by atoms with van der Waals surface area (Å²) in [4.78, 5) is 3.98. The van der Waals surface area contributed by atoms with Crippen LogP contribution in [0.2, 0.25) is 0 Å². The molecular formula is C14H16N2O2. The zero-order valence-electron chi connectivity index (χ0n) is 10.0. The van der Waals surface area contributed by atoms with Crippen molar-refractivity contribution in [3.8, 4) is 5.75 Å². The minimum absolute atomic E-state index is 0.0298. The molecule has 0 bridgehead atoms. The van der Waals surface area contributed by atoms with Crippen LogP contribution in [0.25, 0.3) is 0 Å². The van der Waals surface area contributed by atoms with Crippen molar-refractivity contribution in [3.05, 3.63) is 54.4 Å². The van der Waals surface area contributed by atoms with Gasteiger partial charge in [-0.2, -0.15) is 0 Å². The number of benzene rings is 1. The van der Waals surface area contributed by atoms with E-state index in [1.165, 1.54) is 5.56 Å². The van der Waals surface area contributed by atoms with Gasteiger partial charge in [-0.15, -0.1) is 0 Å². The van der Waals surface area contributed by atoms with Crippen molar-refractivity contribution in [2.45, 2.75) is 6.54 Å². The van der Waals surface area contributed by atoms with Crippen molar-refractivity contribution in [2.75, 3.05) is 18.5 Å². The number of anilines is 1. The summed E-state index contributed by atoms with van der Waals surface area (Å²) in [5.74, 6) is 0.763. The van der Waals surface area contributed by atoms with E-state index in [1.54, 1.807) is 12.4 Å². The monoisotopic (exact) mass is 244 g/mol. The van der Waals surface area contributed by atoms with E-state index in [0.29, 0.717) is 6.61 Å². The van der Waals surface area contributed by atoms with Gasteiger partial charge in [-0.3, -0.25) is 4.98 Å². The van der Waals surface area contributed by atoms with Crippen LogP contribution in [0.4, 0.5) is 5.69 Å². The Kier molecular flexibility index (Phi) is 4.55. The number of nitrogens with zero attached hydrogens (tertiary/aromatic N) is 1. The van der Waals surface area contributed by atoms with E-state index in [-0.39, 0.29) is 6.61 Å². The summed E-state index contributed by atoms with van der Waals surface area (Å²) in [5.41, 5.74) is 2.22. The average molecular weight is 244 g/mol. The van der Waals surface area contributed by atoms with E-state index in [9.17, 15) is 0 Å². The summed E-state index contributed by atoms with van der Waals surface area (Å²) in [7, 11) is 0. The molecule has 2 N–H and O–H groups in total. The highest BCUT2D eigenvalue weighted by Gasteiger charge is 1.96. The fraction of sp³-hybridized carbons (Fsp3) is 0.214. The predicted octanol–water partition coefficient (Wildman–Crippen LogP) is 2.06. The minimum atomic E-state index is 0.0298. The van der Waals surface area contributed by atoms with Crippen molar-refractivity contribution >= 4 is 5.69 Å². The van der Waals surface area contributed by atoms with Gasteiger partial charge in [-0.25, -0.2) is 0 Å². The van der Waals surface area contributed by atoms with Gasteiger partial charge in [-0.05, 0) is 42.0 Å². The summed E-state index contributed by atoms with van der Waals surface area (Å²) in [6.07, 6.45) is 3.56. The summed E-state index contributed by atoms with van der Waals surface area (Å²) >= 11 is 0. The molecule has 4 heteroatoms. The molecule has 0 unspecified atom stereocenters. The number of hydrogen-bond acceptors (Lipinski definition) is 4. The fourth-order valence-corrected chi connectivity index (χ4v) is 1.54. The van der Waals surface area contributed by atoms with Crippen LogP contribution >= 0.6 is 0 Å². The van der Waals surface area contributed by atoms with Gasteiger partial charge in [-0.1, -0.05) is 0 Å². The van der Waals surface area contributed by atoms with E-state index in [2.05, 4.69) is 10.3 Å². The lowest BCUT2D eigenvalue weighted by atomic mass is 10.2. The van der Waals surface area contributed by atoms with E-state index in [4.69, 9.17) is 9.84 Å². The molecule has 0 spiro atoms. The molecule has 2 aromatic rings. The van der Waals surface area contributed by atoms with Crippen LogP contribution in [0.15, 0.2) is 48.8 Å². The van der Waals surface area contributed by atoms with Gasteiger partial charge >= 0.3 is 0 Å². The highest BCUT2D eigenvalue weighted by atomic mass is 16.5. The van der Waals surface area contributed by atoms with Crippen LogP contribution in [-0.2, 0) is 6.54 Å². The molecule has 0 fully saturated rings. The van der Waals surface area contributed by atoms with Gasteiger partial charge in [0.2, 0.25) is 0 Å². The molecule has 1 heterocycles. The lowest BCUT2D eigenvalue weighted by Gasteiger charge is -2.08. The van der Waals surface area contributed by atoms with Crippen molar-refractivity contribution in [3.63, 3.8) is 0 Å². The molecule has 0 radical (unpaired) electrons. The van der Waals surface area contributed by atoms with Crippen LogP contribution in [0.5, 0.6) is 5.75 Å². The Morgan fingerprint density at radius 1 is 1.06 bits per heavy atom. The number of aliphatic hydroxyl groups is 1. The molecule has 0 aliphatic carbocycles. The van der Waals surface area contributed by atoms with E-state index in [0.717, 1.165) is 18.0 Å². The number of rotatable bonds is 6. The van der Waals surface area contributed by atoms with Crippen molar-refractivity contribution in [1.29, 1.82) is 0 Å². The van der Waals surface area contributed by atoms with Gasteiger partial charge < -0.3 is 15.2 Å². The molecule has 0 aliphatic rings. The lowest BCUT2D eigenvalue weighted by molar-refractivity contribution is 0.201. The van der Waals surface area contributed by atoms with Gasteiger partial charge in [0.15, 0.2) is 0 Å². The first kappa shape index (κ1) is 12.4. The van der Waals surface area contributed by atoms with E-state index < -0.39 is 0 Å². The maximum absolute atomic E-state index is 8.65. The second-order valence-corrected chi connectivity index (χ2v) is 3.81. The number of ether oxygens (including phenoxy) is 1. The zero-order valence-corrected chi connectivity index (χ0v) is 10.0. The van der Waals surface area contributed by atoms with Gasteiger partial charge in [0, 0.05) is 24.6 Å². The standard InChI is InChI=1S/C14H16N2O2/c17-9-10-18-14-3-1-13(2-4-14)16-11-12-5-7-15-8-6-12/h1-8,16-17H,9-11H2. The van der Waals surface area contributed by atoms with Crippen molar-refractivity contribution < 1.29 is 9.84 Å². The summed E-state index contributed by atoms with van der Waals surface area (Å²) in [6.45, 7) is 1.12. The first-order chi connectivity index (χ1) is 8.88. The second-order valence-electron chi connectivity index (χ2n) is 3.81. The number of pyridine rings is 1. The average Bonchev–Trinajstić information content (AvgIpc) is 2.45. The number of aromatic nitrogens is 1. The molecule has 0 atom stereocenters. The Balaban J connectivity index is 1.86. The van der Waals surface area contributed by atoms with Crippen LogP contribution in [0, 0.1) is 0 Å². The van der Waals surface area contributed by atoms with Gasteiger partial charge in [0.05, 0.1) is 6.61 Å². The van der Waals surface area contributed by atoms with Crippen molar-refractivity contribution in [2.24, 2.45) is 0 Å². The third-order valence-corrected chi connectivity index (χ3v) is 2.46. The molecule has 94 valence electrons. The van der Waals surface area contributed by atoms with E-state index >= 15 is 0 Å². The highest BCUT2D eigenvalue weighted by Crippen LogP contribution is 2.16. The number of aliphatic hydroxyl groups excluding tert-OH is 1. The van der Waals surface area contributed by atoms with Crippen LogP contribution in [-0.4, -0.2) is 23.3 Å². The Morgan fingerprint density at radius 3 is 2.44 bits per heavy atom. The molecule has 18 heavy (non-hydrogen) atoms. The third kappa shape index (κ3) is 3.75. The maximum Gasteiger partial charge on any atom is 0.119 e. The van der Waals surface area contributed by atoms with Gasteiger partial charge in [0.1, 0.15) is 12.4 Å². The Labute approximate surface area is 106 Å². The van der Waals surface area contributed by atoms with Crippen LogP contribution in [0.1, 0.15) is 5.56 Å². The Morgan fingerprint density at radius 2 is 1.78 bits per heavy atom. The topological polar surface area (TPSA) is 54.4 Å². The first-order valence-electron chi connectivity index (χ1n) is 5.85. The predicted molar refractivity (Wildman–Crippen MR) is 70.6 cm³/mol. The Hall–Kier alpha value is -2.07.